The molecule has 27 heavy (non-hydrogen) atoms. The summed E-state index contributed by atoms with van der Waals surface area (Å²) in [7, 11) is 0. The average molecular weight is 349 g/mol. The third kappa shape index (κ3) is 2.29. The Morgan fingerprint density at radius 3 is 1.48 bits per heavy atom. The molecule has 1 heterocycles. The van der Waals surface area contributed by atoms with E-state index in [4.69, 9.17) is 0 Å². The van der Waals surface area contributed by atoms with Gasteiger partial charge in [-0.05, 0) is 34.4 Å². The van der Waals surface area contributed by atoms with Crippen molar-refractivity contribution in [2.75, 3.05) is 0 Å². The zero-order valence-corrected chi connectivity index (χ0v) is 14.4. The topological polar surface area (TPSA) is 39.1 Å². The molecule has 1 aromatic heterocycles. The highest BCUT2D eigenvalue weighted by Crippen LogP contribution is 2.23. The van der Waals surface area contributed by atoms with Crippen molar-refractivity contribution >= 4 is 32.3 Å². The van der Waals surface area contributed by atoms with Crippen molar-refractivity contribution in [1.29, 1.82) is 0 Å². The smallest absolute Gasteiger partial charge is 0.265 e. The standard InChI is InChI=1S/C24H15NO2/c26-23-20-13-5-3-11-18(20)19-12-4-6-14-21(19)24(27)25(23)22-15-7-9-16-8-1-2-10-17(16)22/h1-15H. The van der Waals surface area contributed by atoms with Crippen LogP contribution in [-0.2, 0) is 0 Å². The highest BCUT2D eigenvalue weighted by atomic mass is 16.2. The van der Waals surface area contributed by atoms with E-state index in [9.17, 15) is 9.59 Å². The summed E-state index contributed by atoms with van der Waals surface area (Å²) < 4.78 is 1.31. The third-order valence-electron chi connectivity index (χ3n) is 5.02. The van der Waals surface area contributed by atoms with E-state index in [1.54, 1.807) is 12.1 Å². The second-order valence-corrected chi connectivity index (χ2v) is 6.54. The predicted octanol–water partition coefficient (Wildman–Crippen LogP) is 4.66. The minimum absolute atomic E-state index is 0.303. The number of hydrogen-bond acceptors (Lipinski definition) is 2. The molecule has 5 aromatic rings. The van der Waals surface area contributed by atoms with E-state index in [1.807, 2.05) is 78.9 Å². The maximum absolute atomic E-state index is 13.5. The van der Waals surface area contributed by atoms with Crippen LogP contribution >= 0.6 is 0 Å². The van der Waals surface area contributed by atoms with Gasteiger partial charge in [0, 0.05) is 16.2 Å². The number of fused-ring (bicyclic) bond motifs is 4. The molecule has 0 aliphatic rings. The van der Waals surface area contributed by atoms with E-state index in [0.29, 0.717) is 16.5 Å². The van der Waals surface area contributed by atoms with Crippen LogP contribution in [0.4, 0.5) is 0 Å². The summed E-state index contributed by atoms with van der Waals surface area (Å²) in [4.78, 5) is 26.9. The number of benzene rings is 4. The minimum Gasteiger partial charge on any atom is -0.268 e. The first kappa shape index (κ1) is 15.5. The van der Waals surface area contributed by atoms with E-state index < -0.39 is 0 Å². The van der Waals surface area contributed by atoms with Crippen LogP contribution in [0.3, 0.4) is 0 Å². The molecule has 4 aromatic carbocycles. The number of nitrogens with zero attached hydrogens (tertiary/aromatic N) is 1. The Labute approximate surface area is 154 Å². The van der Waals surface area contributed by atoms with Gasteiger partial charge in [-0.2, -0.15) is 0 Å². The number of rotatable bonds is 1. The van der Waals surface area contributed by atoms with Gasteiger partial charge < -0.3 is 0 Å². The second kappa shape index (κ2) is 5.92. The molecule has 0 saturated heterocycles. The largest absolute Gasteiger partial charge is 0.268 e. The SMILES string of the molecule is O=c1c2ccccc2c2ccccc2c(=O)n1-c1cccc2ccccc12. The van der Waals surface area contributed by atoms with Gasteiger partial charge in [-0.1, -0.05) is 72.8 Å². The van der Waals surface area contributed by atoms with Gasteiger partial charge in [0.05, 0.1) is 5.69 Å². The van der Waals surface area contributed by atoms with Gasteiger partial charge in [-0.3, -0.25) is 9.59 Å². The summed E-state index contributed by atoms with van der Waals surface area (Å²) in [6.45, 7) is 0. The molecule has 0 radical (unpaired) electrons. The number of aromatic nitrogens is 1. The van der Waals surface area contributed by atoms with E-state index in [2.05, 4.69) is 0 Å². The molecule has 0 aliphatic carbocycles. The summed E-state index contributed by atoms with van der Waals surface area (Å²) in [6.07, 6.45) is 0. The first-order valence-electron chi connectivity index (χ1n) is 8.81. The van der Waals surface area contributed by atoms with E-state index in [0.717, 1.165) is 21.5 Å². The van der Waals surface area contributed by atoms with Gasteiger partial charge in [0.25, 0.3) is 11.1 Å². The molecule has 0 atom stereocenters. The predicted molar refractivity (Wildman–Crippen MR) is 111 cm³/mol. The molecule has 0 unspecified atom stereocenters. The van der Waals surface area contributed by atoms with Crippen molar-refractivity contribution in [3.63, 3.8) is 0 Å². The van der Waals surface area contributed by atoms with E-state index >= 15 is 0 Å². The summed E-state index contributed by atoms with van der Waals surface area (Å²) in [5.74, 6) is 0. The Bertz CT molecular complexity index is 1390. The molecular formula is C24H15NO2. The zero-order valence-electron chi connectivity index (χ0n) is 14.4. The van der Waals surface area contributed by atoms with Crippen LogP contribution in [-0.4, -0.2) is 4.57 Å². The summed E-state index contributed by atoms with van der Waals surface area (Å²) in [5.41, 5.74) is 0.000845. The first-order chi connectivity index (χ1) is 13.3. The molecule has 0 fully saturated rings. The Kier molecular flexibility index (Phi) is 3.41. The van der Waals surface area contributed by atoms with Crippen molar-refractivity contribution in [2.45, 2.75) is 0 Å². The Balaban J connectivity index is 2.11. The fourth-order valence-electron chi connectivity index (χ4n) is 3.76. The molecule has 5 rings (SSSR count). The zero-order chi connectivity index (χ0) is 18.4. The van der Waals surface area contributed by atoms with Gasteiger partial charge >= 0.3 is 0 Å². The molecule has 0 saturated carbocycles. The van der Waals surface area contributed by atoms with Crippen LogP contribution < -0.4 is 11.1 Å². The summed E-state index contributed by atoms with van der Waals surface area (Å²) in [6, 6.07) is 28.3. The molecule has 0 N–H and O–H groups in total. The van der Waals surface area contributed by atoms with Crippen LogP contribution in [0.1, 0.15) is 0 Å². The fraction of sp³-hybridized carbons (Fsp3) is 0. The van der Waals surface area contributed by atoms with Crippen molar-refractivity contribution in [3.05, 3.63) is 112 Å². The van der Waals surface area contributed by atoms with Gasteiger partial charge in [-0.15, -0.1) is 0 Å². The lowest BCUT2D eigenvalue weighted by Crippen LogP contribution is -2.28. The van der Waals surface area contributed by atoms with Crippen molar-refractivity contribution in [2.24, 2.45) is 0 Å². The third-order valence-corrected chi connectivity index (χ3v) is 5.02. The summed E-state index contributed by atoms with van der Waals surface area (Å²) in [5, 5.41) is 4.50. The maximum Gasteiger partial charge on any atom is 0.265 e. The maximum atomic E-state index is 13.5. The van der Waals surface area contributed by atoms with Crippen molar-refractivity contribution in [1.82, 2.24) is 4.57 Å². The Morgan fingerprint density at radius 1 is 0.444 bits per heavy atom. The molecular weight excluding hydrogens is 334 g/mol. The minimum atomic E-state index is -0.303. The molecule has 0 aliphatic heterocycles. The average Bonchev–Trinajstić information content (AvgIpc) is 2.82. The lowest BCUT2D eigenvalue weighted by atomic mass is 10.1. The van der Waals surface area contributed by atoms with Gasteiger partial charge in [0.1, 0.15) is 0 Å². The first-order valence-corrected chi connectivity index (χ1v) is 8.81. The van der Waals surface area contributed by atoms with Crippen LogP contribution in [0.2, 0.25) is 0 Å². The fourth-order valence-corrected chi connectivity index (χ4v) is 3.76. The molecule has 3 nitrogen and oxygen atoms in total. The second-order valence-electron chi connectivity index (χ2n) is 6.54. The quantitative estimate of drug-likeness (QED) is 0.442. The van der Waals surface area contributed by atoms with Gasteiger partial charge in [0.15, 0.2) is 0 Å². The monoisotopic (exact) mass is 349 g/mol. The van der Waals surface area contributed by atoms with Crippen LogP contribution in [0, 0.1) is 0 Å². The normalized spacial score (nSPS) is 11.3. The molecule has 0 amide bonds. The van der Waals surface area contributed by atoms with Crippen molar-refractivity contribution < 1.29 is 0 Å². The molecule has 128 valence electrons. The lowest BCUT2D eigenvalue weighted by Gasteiger charge is -2.07. The summed E-state index contributed by atoms with van der Waals surface area (Å²) >= 11 is 0. The van der Waals surface area contributed by atoms with Gasteiger partial charge in [0.2, 0.25) is 0 Å². The van der Waals surface area contributed by atoms with Crippen molar-refractivity contribution in [3.8, 4) is 5.69 Å². The Morgan fingerprint density at radius 2 is 0.889 bits per heavy atom. The van der Waals surface area contributed by atoms with Crippen LogP contribution in [0.25, 0.3) is 38.0 Å². The lowest BCUT2D eigenvalue weighted by molar-refractivity contribution is 0.985. The highest BCUT2D eigenvalue weighted by Gasteiger charge is 2.13. The van der Waals surface area contributed by atoms with E-state index in [-0.39, 0.29) is 11.1 Å². The van der Waals surface area contributed by atoms with Crippen LogP contribution in [0.5, 0.6) is 0 Å². The molecule has 0 bridgehead atoms. The van der Waals surface area contributed by atoms with Crippen LogP contribution in [0.15, 0.2) is 101 Å². The van der Waals surface area contributed by atoms with Gasteiger partial charge in [-0.25, -0.2) is 4.57 Å². The molecule has 0 spiro atoms. The highest BCUT2D eigenvalue weighted by molar-refractivity contribution is 6.05. The van der Waals surface area contributed by atoms with E-state index in [1.165, 1.54) is 4.57 Å². The number of hydrogen-bond donors (Lipinski definition) is 0. The molecule has 3 heteroatoms. The Hall–Kier alpha value is -3.72.